The van der Waals surface area contributed by atoms with Gasteiger partial charge in [-0.3, -0.25) is 9.59 Å². The molecule has 25 heavy (non-hydrogen) atoms. The van der Waals surface area contributed by atoms with Crippen LogP contribution >= 0.6 is 0 Å². The summed E-state index contributed by atoms with van der Waals surface area (Å²) in [5.74, 6) is 0.0718. The minimum Gasteiger partial charge on any atom is -0.482 e. The number of nitrogens with two attached hydrogens (primary N) is 1. The van der Waals surface area contributed by atoms with Gasteiger partial charge in [-0.1, -0.05) is 6.07 Å². The summed E-state index contributed by atoms with van der Waals surface area (Å²) >= 11 is 0. The van der Waals surface area contributed by atoms with Crippen LogP contribution in [-0.4, -0.2) is 28.4 Å². The summed E-state index contributed by atoms with van der Waals surface area (Å²) < 4.78 is 5.31. The standard InChI is InChI=1S/C16H14N6O3/c17-9-5-18-14-13(9)20-7-21-15(14)16(24)19-4-8-1-2-11-10(3-8)22-12(23)6-25-11/h1-3,5,7,18H,4,6,17H2,(H,19,24)(H,22,23)/p+1. The van der Waals surface area contributed by atoms with Gasteiger partial charge in [0.1, 0.15) is 11.3 Å². The number of nitrogens with zero attached hydrogens (tertiary/aromatic N) is 1. The summed E-state index contributed by atoms with van der Waals surface area (Å²) in [5, 5.41) is 5.54. The number of hydrogen-bond donors (Lipinski definition) is 4. The average Bonchev–Trinajstić information content (AvgIpc) is 3.00. The topological polar surface area (TPSA) is 136 Å². The number of H-pyrrole nitrogens is 2. The van der Waals surface area contributed by atoms with Gasteiger partial charge >= 0.3 is 0 Å². The highest BCUT2D eigenvalue weighted by Gasteiger charge is 2.21. The van der Waals surface area contributed by atoms with Crippen molar-refractivity contribution in [2.75, 3.05) is 17.7 Å². The van der Waals surface area contributed by atoms with E-state index in [1.165, 1.54) is 6.33 Å². The van der Waals surface area contributed by atoms with Gasteiger partial charge in [0.2, 0.25) is 0 Å². The number of anilines is 2. The zero-order valence-electron chi connectivity index (χ0n) is 13.1. The second-order valence-electron chi connectivity index (χ2n) is 5.60. The first-order valence-electron chi connectivity index (χ1n) is 7.59. The van der Waals surface area contributed by atoms with Crippen molar-refractivity contribution >= 4 is 34.2 Å². The van der Waals surface area contributed by atoms with E-state index in [0.717, 1.165) is 5.56 Å². The van der Waals surface area contributed by atoms with Gasteiger partial charge in [-0.15, -0.1) is 0 Å². The number of amides is 2. The smallest absolute Gasteiger partial charge is 0.298 e. The summed E-state index contributed by atoms with van der Waals surface area (Å²) in [6, 6.07) is 5.35. The van der Waals surface area contributed by atoms with Crippen molar-refractivity contribution in [2.24, 2.45) is 0 Å². The number of fused-ring (bicyclic) bond motifs is 2. The lowest BCUT2D eigenvalue weighted by atomic mass is 10.1. The Bertz CT molecular complexity index is 997. The molecule has 0 saturated carbocycles. The quantitative estimate of drug-likeness (QED) is 0.541. The summed E-state index contributed by atoms with van der Waals surface area (Å²) in [6.45, 7) is 0.287. The number of aromatic nitrogens is 3. The molecule has 0 bridgehead atoms. The number of nitrogen functional groups attached to an aromatic ring is 1. The number of carbonyl (C=O) groups is 2. The number of hydrogen-bond acceptors (Lipinski definition) is 5. The Balaban J connectivity index is 1.52. The Kier molecular flexibility index (Phi) is 3.46. The Hall–Kier alpha value is -3.62. The molecule has 3 aromatic rings. The molecule has 0 aliphatic carbocycles. The third-order valence-corrected chi connectivity index (χ3v) is 3.89. The maximum atomic E-state index is 12.4. The fourth-order valence-electron chi connectivity index (χ4n) is 2.69. The van der Waals surface area contributed by atoms with Gasteiger partial charge in [-0.25, -0.2) is 4.98 Å². The van der Waals surface area contributed by atoms with E-state index in [2.05, 4.69) is 25.6 Å². The minimum absolute atomic E-state index is 0.00898. The van der Waals surface area contributed by atoms with Crippen molar-refractivity contribution in [1.29, 1.82) is 0 Å². The Morgan fingerprint density at radius 1 is 1.44 bits per heavy atom. The molecular weight excluding hydrogens is 324 g/mol. The molecule has 126 valence electrons. The summed E-state index contributed by atoms with van der Waals surface area (Å²) in [4.78, 5) is 33.7. The molecule has 0 fully saturated rings. The maximum Gasteiger partial charge on any atom is 0.298 e. The molecule has 4 rings (SSSR count). The van der Waals surface area contributed by atoms with Crippen molar-refractivity contribution < 1.29 is 19.3 Å². The molecule has 2 amide bonds. The summed E-state index contributed by atoms with van der Waals surface area (Å²) in [7, 11) is 0. The van der Waals surface area contributed by atoms with Gasteiger partial charge in [0, 0.05) is 12.7 Å². The van der Waals surface area contributed by atoms with Crippen molar-refractivity contribution in [3.05, 3.63) is 42.0 Å². The molecule has 1 aliphatic heterocycles. The lowest BCUT2D eigenvalue weighted by molar-refractivity contribution is -0.349. The van der Waals surface area contributed by atoms with E-state index in [4.69, 9.17) is 10.5 Å². The average molecular weight is 339 g/mol. The van der Waals surface area contributed by atoms with E-state index < -0.39 is 0 Å². The van der Waals surface area contributed by atoms with Gasteiger partial charge in [0.05, 0.1) is 11.4 Å². The van der Waals surface area contributed by atoms with Gasteiger partial charge < -0.3 is 26.1 Å². The number of benzene rings is 1. The van der Waals surface area contributed by atoms with E-state index in [1.807, 2.05) is 6.07 Å². The van der Waals surface area contributed by atoms with Gasteiger partial charge in [0.25, 0.3) is 23.8 Å². The highest BCUT2D eigenvalue weighted by Crippen LogP contribution is 2.28. The molecule has 0 radical (unpaired) electrons. The van der Waals surface area contributed by atoms with Crippen molar-refractivity contribution in [3.63, 3.8) is 0 Å². The monoisotopic (exact) mass is 339 g/mol. The molecule has 0 atom stereocenters. The van der Waals surface area contributed by atoms with Crippen LogP contribution in [-0.2, 0) is 11.3 Å². The molecule has 9 nitrogen and oxygen atoms in total. The Morgan fingerprint density at radius 2 is 2.32 bits per heavy atom. The van der Waals surface area contributed by atoms with Crippen molar-refractivity contribution in [3.8, 4) is 5.75 Å². The molecule has 1 aromatic carbocycles. The molecule has 1 aliphatic rings. The molecule has 3 heterocycles. The van der Waals surface area contributed by atoms with Gasteiger partial charge in [-0.2, -0.15) is 0 Å². The van der Waals surface area contributed by atoms with Crippen LogP contribution in [0.5, 0.6) is 5.75 Å². The van der Waals surface area contributed by atoms with E-state index in [0.29, 0.717) is 28.2 Å². The van der Waals surface area contributed by atoms with Crippen LogP contribution in [0, 0.1) is 0 Å². The zero-order chi connectivity index (χ0) is 17.4. The molecule has 6 N–H and O–H groups in total. The summed E-state index contributed by atoms with van der Waals surface area (Å²) in [5.41, 5.74) is 9.17. The largest absolute Gasteiger partial charge is 0.482 e. The first-order valence-corrected chi connectivity index (χ1v) is 7.59. The number of rotatable bonds is 3. The van der Waals surface area contributed by atoms with Crippen LogP contribution in [0.4, 0.5) is 11.4 Å². The molecule has 2 aromatic heterocycles. The van der Waals surface area contributed by atoms with Gasteiger partial charge in [-0.05, 0) is 22.7 Å². The van der Waals surface area contributed by atoms with Crippen LogP contribution in [0.25, 0.3) is 11.0 Å². The van der Waals surface area contributed by atoms with E-state index in [-0.39, 0.29) is 30.7 Å². The van der Waals surface area contributed by atoms with E-state index in [9.17, 15) is 9.59 Å². The summed E-state index contributed by atoms with van der Waals surface area (Å²) in [6.07, 6.45) is 3.03. The van der Waals surface area contributed by atoms with Crippen LogP contribution < -0.4 is 26.1 Å². The number of nitrogens with one attached hydrogen (secondary N) is 4. The zero-order valence-corrected chi connectivity index (χ0v) is 13.1. The lowest BCUT2D eigenvalue weighted by Crippen LogP contribution is -2.27. The molecule has 0 unspecified atom stereocenters. The number of ether oxygens (including phenoxy) is 1. The van der Waals surface area contributed by atoms with Crippen LogP contribution in [0.1, 0.15) is 16.1 Å². The number of aromatic amines is 2. The second-order valence-corrected chi connectivity index (χ2v) is 5.60. The number of carbonyl (C=O) groups excluding carboxylic acids is 2. The Morgan fingerprint density at radius 3 is 3.20 bits per heavy atom. The van der Waals surface area contributed by atoms with Crippen LogP contribution in [0.3, 0.4) is 0 Å². The first-order chi connectivity index (χ1) is 12.1. The van der Waals surface area contributed by atoms with E-state index in [1.54, 1.807) is 18.3 Å². The van der Waals surface area contributed by atoms with Crippen LogP contribution in [0.15, 0.2) is 30.7 Å². The van der Waals surface area contributed by atoms with Crippen molar-refractivity contribution in [2.45, 2.75) is 6.54 Å². The van der Waals surface area contributed by atoms with Gasteiger partial charge in [0.15, 0.2) is 12.1 Å². The SMILES string of the molecule is Nc1c[nH]c2c(C(=O)NCc3ccc4c(c3)NC(=O)CO4)nc[nH+]c12. The molecule has 0 spiro atoms. The van der Waals surface area contributed by atoms with Crippen molar-refractivity contribution in [1.82, 2.24) is 15.3 Å². The highest BCUT2D eigenvalue weighted by atomic mass is 16.5. The minimum atomic E-state index is -0.334. The first kappa shape index (κ1) is 14.9. The molecule has 0 saturated heterocycles. The predicted octanol–water partition coefficient (Wildman–Crippen LogP) is 0.220. The molecule has 9 heteroatoms. The fraction of sp³-hybridized carbons (Fsp3) is 0.125. The van der Waals surface area contributed by atoms with Crippen LogP contribution in [0.2, 0.25) is 0 Å². The van der Waals surface area contributed by atoms with E-state index >= 15 is 0 Å². The normalized spacial score (nSPS) is 13.0. The second kappa shape index (κ2) is 5.78. The predicted molar refractivity (Wildman–Crippen MR) is 88.8 cm³/mol. The third-order valence-electron chi connectivity index (χ3n) is 3.89. The fourth-order valence-corrected chi connectivity index (χ4v) is 2.69. The molecular formula is C16H15N6O3+. The third kappa shape index (κ3) is 2.71. The Labute approximate surface area is 141 Å². The lowest BCUT2D eigenvalue weighted by Gasteiger charge is -2.18. The highest BCUT2D eigenvalue weighted by molar-refractivity contribution is 6.04. The maximum absolute atomic E-state index is 12.4.